The number of carbonyl (C=O) groups is 2. The van der Waals surface area contributed by atoms with Crippen LogP contribution >= 0.6 is 0 Å². The van der Waals surface area contributed by atoms with Gasteiger partial charge in [-0.25, -0.2) is 13.9 Å². The zero-order chi connectivity index (χ0) is 21.0. The van der Waals surface area contributed by atoms with Crippen LogP contribution in [-0.4, -0.2) is 42.2 Å². The zero-order valence-corrected chi connectivity index (χ0v) is 17.6. The second-order valence-electron chi connectivity index (χ2n) is 8.13. The molecule has 0 aliphatic carbocycles. The molecule has 1 atom stereocenters. The summed E-state index contributed by atoms with van der Waals surface area (Å²) in [6, 6.07) is 4.65. The number of nitrogens with one attached hydrogen (secondary N) is 1. The Kier molecular flexibility index (Phi) is 7.71. The second-order valence-corrected chi connectivity index (χ2v) is 10.0. The monoisotopic (exact) mass is 398 g/mol. The minimum absolute atomic E-state index is 0.0565. The van der Waals surface area contributed by atoms with Crippen molar-refractivity contribution in [2.24, 2.45) is 11.3 Å². The summed E-state index contributed by atoms with van der Waals surface area (Å²) in [4.78, 5) is 24.0. The van der Waals surface area contributed by atoms with E-state index in [1.54, 1.807) is 32.3 Å². The lowest BCUT2D eigenvalue weighted by molar-refractivity contribution is -0.136. The summed E-state index contributed by atoms with van der Waals surface area (Å²) in [5.41, 5.74) is 1.10. The summed E-state index contributed by atoms with van der Waals surface area (Å²) in [6.07, 6.45) is 0.539. The van der Waals surface area contributed by atoms with Crippen LogP contribution in [0.1, 0.15) is 58.3 Å². The topological polar surface area (TPSA) is 104 Å². The minimum Gasteiger partial charge on any atom is -0.295 e. The van der Waals surface area contributed by atoms with Crippen molar-refractivity contribution in [3.05, 3.63) is 29.8 Å². The average Bonchev–Trinajstić information content (AvgIpc) is 2.56. The van der Waals surface area contributed by atoms with E-state index in [2.05, 4.69) is 0 Å². The first kappa shape index (κ1) is 23.3. The first-order valence-electron chi connectivity index (χ1n) is 8.89. The predicted octanol–water partition coefficient (Wildman–Crippen LogP) is 2.85. The Balaban J connectivity index is 3.54. The molecular weight excluding hydrogens is 368 g/mol. The van der Waals surface area contributed by atoms with Crippen molar-refractivity contribution >= 4 is 21.7 Å². The van der Waals surface area contributed by atoms with Crippen LogP contribution in [0.2, 0.25) is 0 Å². The average molecular weight is 399 g/mol. The predicted molar refractivity (Wildman–Crippen MR) is 103 cm³/mol. The number of hydrogen-bond acceptors (Lipinski definition) is 5. The molecule has 1 amide bonds. The number of rotatable bonds is 8. The highest BCUT2D eigenvalue weighted by Gasteiger charge is 2.42. The van der Waals surface area contributed by atoms with Crippen molar-refractivity contribution in [3.63, 3.8) is 0 Å². The van der Waals surface area contributed by atoms with Crippen LogP contribution < -0.4 is 5.48 Å². The summed E-state index contributed by atoms with van der Waals surface area (Å²) >= 11 is 0. The minimum atomic E-state index is -4.08. The Hall–Kier alpha value is -1.77. The van der Waals surface area contributed by atoms with Gasteiger partial charge in [-0.1, -0.05) is 46.8 Å². The maximum Gasteiger partial charge on any atom is 0.262 e. The van der Waals surface area contributed by atoms with E-state index in [1.165, 1.54) is 25.1 Å². The van der Waals surface area contributed by atoms with E-state index in [9.17, 15) is 23.2 Å². The number of sulfonamides is 1. The van der Waals surface area contributed by atoms with Gasteiger partial charge in [-0.2, -0.15) is 4.31 Å². The van der Waals surface area contributed by atoms with Crippen molar-refractivity contribution in [2.45, 2.75) is 58.9 Å². The van der Waals surface area contributed by atoms with E-state index >= 15 is 0 Å². The van der Waals surface area contributed by atoms with Crippen molar-refractivity contribution in [2.75, 3.05) is 6.54 Å². The summed E-state index contributed by atoms with van der Waals surface area (Å²) < 4.78 is 27.9. The Bertz CT molecular complexity index is 782. The first-order chi connectivity index (χ1) is 12.3. The highest BCUT2D eigenvalue weighted by Crippen LogP contribution is 2.30. The van der Waals surface area contributed by atoms with Gasteiger partial charge in [0.1, 0.15) is 6.04 Å². The SMILES string of the molecule is CC(=O)c1cccc(S(=O)(=O)N(CCC(C)C)[C@@H](C(=O)NO)C(C)(C)C)c1. The lowest BCUT2D eigenvalue weighted by Crippen LogP contribution is -2.55. The third-order valence-corrected chi connectivity index (χ3v) is 6.10. The van der Waals surface area contributed by atoms with E-state index in [1.807, 2.05) is 13.8 Å². The number of Topliss-reactive ketones (excluding diaryl/α,β-unsaturated/α-hetero) is 1. The Morgan fingerprint density at radius 2 is 1.81 bits per heavy atom. The van der Waals surface area contributed by atoms with Gasteiger partial charge in [-0.05, 0) is 36.8 Å². The van der Waals surface area contributed by atoms with Crippen LogP contribution in [0.5, 0.6) is 0 Å². The first-order valence-corrected chi connectivity index (χ1v) is 10.3. The second kappa shape index (κ2) is 8.95. The summed E-state index contributed by atoms with van der Waals surface area (Å²) in [6.45, 7) is 10.6. The number of hydrogen-bond donors (Lipinski definition) is 2. The molecule has 0 aliphatic rings. The van der Waals surface area contributed by atoms with E-state index < -0.39 is 27.4 Å². The largest absolute Gasteiger partial charge is 0.295 e. The molecule has 0 saturated heterocycles. The van der Waals surface area contributed by atoms with E-state index in [0.717, 1.165) is 4.31 Å². The van der Waals surface area contributed by atoms with E-state index in [-0.39, 0.29) is 28.7 Å². The number of ketones is 1. The Morgan fingerprint density at radius 3 is 2.26 bits per heavy atom. The maximum absolute atomic E-state index is 13.4. The van der Waals surface area contributed by atoms with Gasteiger partial charge in [0.25, 0.3) is 5.91 Å². The van der Waals surface area contributed by atoms with Gasteiger partial charge in [0.15, 0.2) is 5.78 Å². The van der Waals surface area contributed by atoms with Gasteiger partial charge in [0.2, 0.25) is 10.0 Å². The summed E-state index contributed by atoms with van der Waals surface area (Å²) in [5.74, 6) is -0.831. The maximum atomic E-state index is 13.4. The molecule has 7 nitrogen and oxygen atoms in total. The van der Waals surface area contributed by atoms with Crippen LogP contribution in [0.4, 0.5) is 0 Å². The van der Waals surface area contributed by atoms with Crippen LogP contribution in [0, 0.1) is 11.3 Å². The van der Waals surface area contributed by atoms with Gasteiger partial charge in [0.05, 0.1) is 4.90 Å². The van der Waals surface area contributed by atoms with Crippen molar-refractivity contribution < 1.29 is 23.2 Å². The molecule has 0 aromatic heterocycles. The standard InChI is InChI=1S/C19H30N2O5S/c1-13(2)10-11-21(17(18(23)20-24)19(4,5)6)27(25,26)16-9-7-8-15(12-16)14(3)22/h7-9,12-13,17,24H,10-11H2,1-6H3,(H,20,23)/t17-/m0/s1. The number of amides is 1. The lowest BCUT2D eigenvalue weighted by atomic mass is 9.86. The molecule has 1 aromatic rings. The van der Waals surface area contributed by atoms with Gasteiger partial charge < -0.3 is 0 Å². The number of carbonyl (C=O) groups excluding carboxylic acids is 2. The molecule has 0 spiro atoms. The van der Waals surface area contributed by atoms with Gasteiger partial charge >= 0.3 is 0 Å². The van der Waals surface area contributed by atoms with Crippen LogP contribution in [0.15, 0.2) is 29.2 Å². The number of benzene rings is 1. The molecule has 0 fully saturated rings. The third-order valence-electron chi connectivity index (χ3n) is 4.24. The highest BCUT2D eigenvalue weighted by molar-refractivity contribution is 7.89. The molecule has 0 unspecified atom stereocenters. The number of nitrogens with zero attached hydrogens (tertiary/aromatic N) is 1. The van der Waals surface area contributed by atoms with Crippen molar-refractivity contribution in [1.29, 1.82) is 0 Å². The van der Waals surface area contributed by atoms with E-state index in [4.69, 9.17) is 0 Å². The zero-order valence-electron chi connectivity index (χ0n) is 16.8. The quantitative estimate of drug-likeness (QED) is 0.398. The summed E-state index contributed by atoms with van der Waals surface area (Å²) in [7, 11) is -4.08. The molecule has 1 rings (SSSR count). The molecule has 0 heterocycles. The molecular formula is C19H30N2O5S. The Labute approximate surface area is 161 Å². The molecule has 2 N–H and O–H groups in total. The fraction of sp³-hybridized carbons (Fsp3) is 0.579. The fourth-order valence-electron chi connectivity index (χ4n) is 2.80. The van der Waals surface area contributed by atoms with Gasteiger partial charge in [-0.15, -0.1) is 0 Å². The number of hydroxylamine groups is 1. The molecule has 0 saturated carbocycles. The van der Waals surface area contributed by atoms with Crippen LogP contribution in [0.3, 0.4) is 0 Å². The smallest absolute Gasteiger partial charge is 0.262 e. The molecule has 27 heavy (non-hydrogen) atoms. The molecule has 1 aromatic carbocycles. The molecule has 0 aliphatic heterocycles. The van der Waals surface area contributed by atoms with E-state index in [0.29, 0.717) is 6.42 Å². The van der Waals surface area contributed by atoms with Crippen molar-refractivity contribution in [1.82, 2.24) is 9.79 Å². The molecule has 152 valence electrons. The molecule has 8 heteroatoms. The van der Waals surface area contributed by atoms with Crippen LogP contribution in [-0.2, 0) is 14.8 Å². The lowest BCUT2D eigenvalue weighted by Gasteiger charge is -2.38. The van der Waals surface area contributed by atoms with Gasteiger partial charge in [-0.3, -0.25) is 14.8 Å². The Morgan fingerprint density at radius 1 is 1.22 bits per heavy atom. The van der Waals surface area contributed by atoms with Gasteiger partial charge in [0, 0.05) is 12.1 Å². The summed E-state index contributed by atoms with van der Waals surface area (Å²) in [5, 5.41) is 9.18. The highest BCUT2D eigenvalue weighted by atomic mass is 32.2. The fourth-order valence-corrected chi connectivity index (χ4v) is 4.63. The normalized spacial score (nSPS) is 13.7. The molecule has 0 radical (unpaired) electrons. The third kappa shape index (κ3) is 5.85. The van der Waals surface area contributed by atoms with Crippen LogP contribution in [0.25, 0.3) is 0 Å². The molecule has 0 bridgehead atoms. The van der Waals surface area contributed by atoms with Crippen molar-refractivity contribution in [3.8, 4) is 0 Å².